The monoisotopic (exact) mass is 265 g/mol. The van der Waals surface area contributed by atoms with Crippen molar-refractivity contribution in [1.29, 1.82) is 5.26 Å². The first kappa shape index (κ1) is 12.9. The summed E-state index contributed by atoms with van der Waals surface area (Å²) in [5, 5.41) is 8.72. The van der Waals surface area contributed by atoms with Gasteiger partial charge in [0, 0.05) is 5.54 Å². The smallest absolute Gasteiger partial charge is 0.243 e. The van der Waals surface area contributed by atoms with Crippen molar-refractivity contribution >= 4 is 15.7 Å². The lowest BCUT2D eigenvalue weighted by Gasteiger charge is -2.38. The molecule has 1 aliphatic carbocycles. The first-order chi connectivity index (χ1) is 8.36. The molecule has 5 nitrogen and oxygen atoms in total. The highest BCUT2D eigenvalue weighted by atomic mass is 32.2. The Bertz CT molecular complexity index is 613. The first-order valence-electron chi connectivity index (χ1n) is 5.70. The van der Waals surface area contributed by atoms with Crippen molar-refractivity contribution < 1.29 is 8.42 Å². The first-order valence-corrected chi connectivity index (χ1v) is 7.18. The number of nitrogens with one attached hydrogen (secondary N) is 1. The van der Waals surface area contributed by atoms with Crippen molar-refractivity contribution in [3.63, 3.8) is 0 Å². The van der Waals surface area contributed by atoms with Crippen LogP contribution in [0.1, 0.15) is 31.7 Å². The average Bonchev–Trinajstić information content (AvgIpc) is 2.25. The van der Waals surface area contributed by atoms with E-state index in [9.17, 15) is 8.42 Å². The molecule has 0 atom stereocenters. The lowest BCUT2D eigenvalue weighted by molar-refractivity contribution is 0.248. The number of hydrogen-bond donors (Lipinski definition) is 2. The highest BCUT2D eigenvalue weighted by Crippen LogP contribution is 2.33. The molecule has 0 radical (unpaired) electrons. The Balaban J connectivity index is 2.33. The maximum absolute atomic E-state index is 12.2. The van der Waals surface area contributed by atoms with E-state index in [0.29, 0.717) is 5.56 Å². The van der Waals surface area contributed by atoms with Gasteiger partial charge in [0.2, 0.25) is 10.0 Å². The molecule has 0 bridgehead atoms. The number of nitrogens with two attached hydrogens (primary N) is 1. The Morgan fingerprint density at radius 3 is 2.56 bits per heavy atom. The molecule has 0 aliphatic heterocycles. The van der Waals surface area contributed by atoms with E-state index in [4.69, 9.17) is 11.0 Å². The van der Waals surface area contributed by atoms with Gasteiger partial charge >= 0.3 is 0 Å². The molecule has 0 amide bonds. The number of nitriles is 1. The Hall–Kier alpha value is -1.58. The zero-order valence-corrected chi connectivity index (χ0v) is 10.9. The number of nitrogens with zero attached hydrogens (tertiary/aromatic N) is 1. The summed E-state index contributed by atoms with van der Waals surface area (Å²) in [5.41, 5.74) is 5.78. The zero-order chi connectivity index (χ0) is 13.4. The minimum Gasteiger partial charge on any atom is -0.398 e. The summed E-state index contributed by atoms with van der Waals surface area (Å²) in [4.78, 5) is 0.0367. The third kappa shape index (κ3) is 2.33. The molecule has 1 aromatic rings. The SMILES string of the molecule is CC1(NS(=O)(=O)c2ccc(C#N)cc2N)CCC1. The largest absolute Gasteiger partial charge is 0.398 e. The van der Waals surface area contributed by atoms with E-state index in [1.54, 1.807) is 0 Å². The van der Waals surface area contributed by atoms with Crippen LogP contribution in [0.2, 0.25) is 0 Å². The molecule has 1 saturated carbocycles. The summed E-state index contributed by atoms with van der Waals surface area (Å²) in [7, 11) is -3.62. The second-order valence-electron chi connectivity index (χ2n) is 4.88. The van der Waals surface area contributed by atoms with Crippen molar-refractivity contribution in [2.24, 2.45) is 0 Å². The van der Waals surface area contributed by atoms with Gasteiger partial charge in [0.25, 0.3) is 0 Å². The number of anilines is 1. The lowest BCUT2D eigenvalue weighted by atomic mass is 9.80. The van der Waals surface area contributed by atoms with Gasteiger partial charge < -0.3 is 5.73 Å². The standard InChI is InChI=1S/C12H15N3O2S/c1-12(5-2-6-12)15-18(16,17)11-4-3-9(8-13)7-10(11)14/h3-4,7,15H,2,5-6,14H2,1H3. The van der Waals surface area contributed by atoms with Gasteiger partial charge in [0.15, 0.2) is 0 Å². The summed E-state index contributed by atoms with van der Waals surface area (Å²) >= 11 is 0. The van der Waals surface area contributed by atoms with Gasteiger partial charge in [-0.15, -0.1) is 0 Å². The topological polar surface area (TPSA) is 96.0 Å². The summed E-state index contributed by atoms with van der Waals surface area (Å²) < 4.78 is 27.0. The van der Waals surface area contributed by atoms with Gasteiger partial charge in [0.1, 0.15) is 4.90 Å². The van der Waals surface area contributed by atoms with Crippen molar-refractivity contribution in [2.45, 2.75) is 36.6 Å². The Labute approximate surface area is 107 Å². The van der Waals surface area contributed by atoms with Crippen LogP contribution in [-0.2, 0) is 10.0 Å². The highest BCUT2D eigenvalue weighted by Gasteiger charge is 2.36. The molecule has 1 aromatic carbocycles. The van der Waals surface area contributed by atoms with Crippen molar-refractivity contribution in [3.05, 3.63) is 23.8 Å². The molecule has 0 aromatic heterocycles. The fourth-order valence-electron chi connectivity index (χ4n) is 2.05. The Morgan fingerprint density at radius 1 is 1.44 bits per heavy atom. The average molecular weight is 265 g/mol. The highest BCUT2D eigenvalue weighted by molar-refractivity contribution is 7.89. The van der Waals surface area contributed by atoms with Gasteiger partial charge in [-0.1, -0.05) is 0 Å². The minimum absolute atomic E-state index is 0.0367. The minimum atomic E-state index is -3.62. The summed E-state index contributed by atoms with van der Waals surface area (Å²) in [6.45, 7) is 1.88. The fraction of sp³-hybridized carbons (Fsp3) is 0.417. The third-order valence-electron chi connectivity index (χ3n) is 3.27. The predicted molar refractivity (Wildman–Crippen MR) is 68.1 cm³/mol. The molecular weight excluding hydrogens is 250 g/mol. The Morgan fingerprint density at radius 2 is 2.11 bits per heavy atom. The summed E-state index contributed by atoms with van der Waals surface area (Å²) in [6.07, 6.45) is 2.70. The number of rotatable bonds is 3. The predicted octanol–water partition coefficient (Wildman–Crippen LogP) is 1.36. The van der Waals surface area contributed by atoms with E-state index in [0.717, 1.165) is 19.3 Å². The van der Waals surface area contributed by atoms with Gasteiger partial charge in [-0.2, -0.15) is 5.26 Å². The molecule has 6 heteroatoms. The van der Waals surface area contributed by atoms with Crippen LogP contribution in [0.4, 0.5) is 5.69 Å². The maximum atomic E-state index is 12.2. The van der Waals surface area contributed by atoms with Crippen LogP contribution in [0, 0.1) is 11.3 Å². The van der Waals surface area contributed by atoms with Crippen molar-refractivity contribution in [3.8, 4) is 6.07 Å². The summed E-state index contributed by atoms with van der Waals surface area (Å²) in [5.74, 6) is 0. The van der Waals surface area contributed by atoms with Gasteiger partial charge in [-0.05, 0) is 44.4 Å². The molecule has 1 fully saturated rings. The molecule has 0 unspecified atom stereocenters. The number of hydrogen-bond acceptors (Lipinski definition) is 4. The second-order valence-corrected chi connectivity index (χ2v) is 6.53. The van der Waals surface area contributed by atoms with Crippen LogP contribution in [0.15, 0.2) is 23.1 Å². The second kappa shape index (κ2) is 4.26. The van der Waals surface area contributed by atoms with Gasteiger partial charge in [-0.25, -0.2) is 13.1 Å². The molecule has 1 aliphatic rings. The molecule has 96 valence electrons. The van der Waals surface area contributed by atoms with E-state index in [1.165, 1.54) is 18.2 Å². The van der Waals surface area contributed by atoms with Crippen LogP contribution < -0.4 is 10.5 Å². The lowest BCUT2D eigenvalue weighted by Crippen LogP contribution is -2.50. The molecule has 18 heavy (non-hydrogen) atoms. The van der Waals surface area contributed by atoms with E-state index < -0.39 is 10.0 Å². The summed E-state index contributed by atoms with van der Waals surface area (Å²) in [6, 6.07) is 6.12. The van der Waals surface area contributed by atoms with Crippen LogP contribution in [-0.4, -0.2) is 14.0 Å². The number of sulfonamides is 1. The molecule has 0 saturated heterocycles. The third-order valence-corrected chi connectivity index (χ3v) is 4.98. The normalized spacial score (nSPS) is 17.8. The van der Waals surface area contributed by atoms with E-state index in [1.807, 2.05) is 13.0 Å². The van der Waals surface area contributed by atoms with E-state index in [2.05, 4.69) is 4.72 Å². The number of nitrogen functional groups attached to an aromatic ring is 1. The van der Waals surface area contributed by atoms with Crippen LogP contribution in [0.5, 0.6) is 0 Å². The molecule has 2 rings (SSSR count). The van der Waals surface area contributed by atoms with E-state index >= 15 is 0 Å². The van der Waals surface area contributed by atoms with Crippen LogP contribution in [0.25, 0.3) is 0 Å². The molecule has 0 heterocycles. The maximum Gasteiger partial charge on any atom is 0.243 e. The fourth-order valence-corrected chi connectivity index (χ4v) is 3.63. The zero-order valence-electron chi connectivity index (χ0n) is 10.1. The van der Waals surface area contributed by atoms with Gasteiger partial charge in [-0.3, -0.25) is 0 Å². The quantitative estimate of drug-likeness (QED) is 0.806. The van der Waals surface area contributed by atoms with Crippen molar-refractivity contribution in [2.75, 3.05) is 5.73 Å². The molecule has 0 spiro atoms. The Kier molecular flexibility index (Phi) is 3.05. The number of benzene rings is 1. The van der Waals surface area contributed by atoms with E-state index in [-0.39, 0.29) is 16.1 Å². The van der Waals surface area contributed by atoms with Crippen LogP contribution >= 0.6 is 0 Å². The van der Waals surface area contributed by atoms with Crippen molar-refractivity contribution in [1.82, 2.24) is 4.72 Å². The van der Waals surface area contributed by atoms with Crippen LogP contribution in [0.3, 0.4) is 0 Å². The molecular formula is C12H15N3O2S. The molecule has 3 N–H and O–H groups in total. The van der Waals surface area contributed by atoms with Gasteiger partial charge in [0.05, 0.1) is 17.3 Å².